The van der Waals surface area contributed by atoms with Crippen molar-refractivity contribution in [1.82, 2.24) is 0 Å². The molecule has 1 aromatic rings. The lowest BCUT2D eigenvalue weighted by Gasteiger charge is -2.11. The molecule has 1 nitrogen and oxygen atoms in total. The first-order valence-electron chi connectivity index (χ1n) is 4.68. The first-order chi connectivity index (χ1) is 6.24. The third-order valence-electron chi connectivity index (χ3n) is 1.96. The summed E-state index contributed by atoms with van der Waals surface area (Å²) in [4.78, 5) is 2.10. The second-order valence-corrected chi connectivity index (χ2v) is 3.30. The van der Waals surface area contributed by atoms with E-state index in [0.717, 1.165) is 6.42 Å². The number of allylic oxidation sites excluding steroid dienone is 1. The molecule has 0 amide bonds. The van der Waals surface area contributed by atoms with Crippen molar-refractivity contribution < 1.29 is 0 Å². The predicted octanol–water partition coefficient (Wildman–Crippen LogP) is 3.18. The molecule has 1 rings (SSSR count). The molecule has 0 saturated carbocycles. The largest absolute Gasteiger partial charge is 0.378 e. The molecule has 0 unspecified atom stereocenters. The molecule has 0 aromatic heterocycles. The number of hydrogen-bond donors (Lipinski definition) is 0. The Balaban J connectivity index is 2.75. The lowest BCUT2D eigenvalue weighted by molar-refractivity contribution is 1.13. The summed E-state index contributed by atoms with van der Waals surface area (Å²) in [5, 5.41) is 0. The van der Waals surface area contributed by atoms with Crippen LogP contribution in [0.4, 0.5) is 5.69 Å². The predicted molar refractivity (Wildman–Crippen MR) is 60.1 cm³/mol. The third kappa shape index (κ3) is 2.94. The van der Waals surface area contributed by atoms with Gasteiger partial charge in [0, 0.05) is 19.8 Å². The van der Waals surface area contributed by atoms with Gasteiger partial charge in [-0.3, -0.25) is 0 Å². The van der Waals surface area contributed by atoms with E-state index in [-0.39, 0.29) is 0 Å². The summed E-state index contributed by atoms with van der Waals surface area (Å²) in [5.74, 6) is 0. The average Bonchev–Trinajstić information content (AvgIpc) is 2.15. The van der Waals surface area contributed by atoms with Gasteiger partial charge in [-0.25, -0.2) is 0 Å². The number of benzene rings is 1. The first-order valence-corrected chi connectivity index (χ1v) is 4.68. The lowest BCUT2D eigenvalue weighted by atomic mass is 10.2. The second kappa shape index (κ2) is 4.70. The van der Waals surface area contributed by atoms with Gasteiger partial charge in [-0.05, 0) is 24.1 Å². The van der Waals surface area contributed by atoms with E-state index in [1.807, 2.05) is 0 Å². The van der Waals surface area contributed by atoms with Gasteiger partial charge in [0.15, 0.2) is 0 Å². The monoisotopic (exact) mass is 175 g/mol. The molecule has 0 spiro atoms. The van der Waals surface area contributed by atoms with E-state index in [9.17, 15) is 0 Å². The molecule has 0 saturated heterocycles. The SMILES string of the molecule is CC/C=C/c1ccc(N(C)C)cc1. The molecule has 1 aromatic carbocycles. The van der Waals surface area contributed by atoms with E-state index < -0.39 is 0 Å². The van der Waals surface area contributed by atoms with Gasteiger partial charge >= 0.3 is 0 Å². The molecule has 0 aliphatic carbocycles. The highest BCUT2D eigenvalue weighted by Gasteiger charge is 1.92. The van der Waals surface area contributed by atoms with E-state index in [0.29, 0.717) is 0 Å². The highest BCUT2D eigenvalue weighted by atomic mass is 15.1. The van der Waals surface area contributed by atoms with E-state index >= 15 is 0 Å². The third-order valence-corrected chi connectivity index (χ3v) is 1.96. The van der Waals surface area contributed by atoms with Crippen LogP contribution in [0.1, 0.15) is 18.9 Å². The van der Waals surface area contributed by atoms with Gasteiger partial charge in [0.1, 0.15) is 0 Å². The van der Waals surface area contributed by atoms with Crippen molar-refractivity contribution in [1.29, 1.82) is 0 Å². The van der Waals surface area contributed by atoms with Crippen LogP contribution in [0.3, 0.4) is 0 Å². The van der Waals surface area contributed by atoms with Crippen molar-refractivity contribution in [3.63, 3.8) is 0 Å². The maximum atomic E-state index is 2.17. The van der Waals surface area contributed by atoms with Gasteiger partial charge in [-0.15, -0.1) is 0 Å². The Kier molecular flexibility index (Phi) is 3.56. The molecule has 0 bridgehead atoms. The molecule has 0 heterocycles. The van der Waals surface area contributed by atoms with Crippen LogP contribution in [-0.2, 0) is 0 Å². The van der Waals surface area contributed by atoms with Crippen molar-refractivity contribution >= 4 is 11.8 Å². The van der Waals surface area contributed by atoms with Gasteiger partial charge in [0.05, 0.1) is 0 Å². The van der Waals surface area contributed by atoms with Crippen LogP contribution in [0.15, 0.2) is 30.3 Å². The van der Waals surface area contributed by atoms with E-state index in [4.69, 9.17) is 0 Å². The maximum absolute atomic E-state index is 2.17. The zero-order valence-electron chi connectivity index (χ0n) is 8.62. The maximum Gasteiger partial charge on any atom is 0.0361 e. The van der Waals surface area contributed by atoms with Gasteiger partial charge in [0.2, 0.25) is 0 Å². The number of anilines is 1. The summed E-state index contributed by atoms with van der Waals surface area (Å²) in [7, 11) is 4.10. The summed E-state index contributed by atoms with van der Waals surface area (Å²) in [5.41, 5.74) is 2.51. The molecule has 0 N–H and O–H groups in total. The Morgan fingerprint density at radius 2 is 1.77 bits per heavy atom. The van der Waals surface area contributed by atoms with E-state index in [2.05, 4.69) is 62.3 Å². The minimum Gasteiger partial charge on any atom is -0.378 e. The Morgan fingerprint density at radius 1 is 1.15 bits per heavy atom. The molecule has 13 heavy (non-hydrogen) atoms. The van der Waals surface area contributed by atoms with Crippen LogP contribution in [-0.4, -0.2) is 14.1 Å². The Bertz CT molecular complexity index is 270. The van der Waals surface area contributed by atoms with Gasteiger partial charge in [-0.1, -0.05) is 31.2 Å². The minimum atomic E-state index is 1.09. The fourth-order valence-electron chi connectivity index (χ4n) is 1.14. The number of rotatable bonds is 3. The zero-order valence-corrected chi connectivity index (χ0v) is 8.62. The lowest BCUT2D eigenvalue weighted by Crippen LogP contribution is -2.07. The number of nitrogens with zero attached hydrogens (tertiary/aromatic N) is 1. The van der Waals surface area contributed by atoms with Crippen molar-refractivity contribution in [2.75, 3.05) is 19.0 Å². The molecule has 0 aliphatic rings. The van der Waals surface area contributed by atoms with E-state index in [1.54, 1.807) is 0 Å². The van der Waals surface area contributed by atoms with Gasteiger partial charge in [-0.2, -0.15) is 0 Å². The van der Waals surface area contributed by atoms with Crippen molar-refractivity contribution in [3.05, 3.63) is 35.9 Å². The summed E-state index contributed by atoms with van der Waals surface area (Å²) in [6.07, 6.45) is 5.42. The zero-order chi connectivity index (χ0) is 9.68. The van der Waals surface area contributed by atoms with Crippen LogP contribution >= 0.6 is 0 Å². The molecule has 0 aliphatic heterocycles. The Morgan fingerprint density at radius 3 is 2.23 bits per heavy atom. The normalized spacial score (nSPS) is 10.7. The Hall–Kier alpha value is -1.24. The summed E-state index contributed by atoms with van der Waals surface area (Å²) in [6, 6.07) is 8.55. The van der Waals surface area contributed by atoms with Gasteiger partial charge in [0.25, 0.3) is 0 Å². The van der Waals surface area contributed by atoms with E-state index in [1.165, 1.54) is 11.3 Å². The fourth-order valence-corrected chi connectivity index (χ4v) is 1.14. The summed E-state index contributed by atoms with van der Waals surface area (Å²) >= 11 is 0. The summed E-state index contributed by atoms with van der Waals surface area (Å²) < 4.78 is 0. The topological polar surface area (TPSA) is 3.24 Å². The highest BCUT2D eigenvalue weighted by molar-refractivity contribution is 5.55. The van der Waals surface area contributed by atoms with Crippen LogP contribution in [0.25, 0.3) is 6.08 Å². The standard InChI is InChI=1S/C12H17N/c1-4-5-6-11-7-9-12(10-8-11)13(2)3/h5-10H,4H2,1-3H3/b6-5+. The highest BCUT2D eigenvalue weighted by Crippen LogP contribution is 2.13. The van der Waals surface area contributed by atoms with Gasteiger partial charge < -0.3 is 4.90 Å². The van der Waals surface area contributed by atoms with Crippen molar-refractivity contribution in [3.8, 4) is 0 Å². The second-order valence-electron chi connectivity index (χ2n) is 3.30. The molecular formula is C12H17N. The van der Waals surface area contributed by atoms with Crippen molar-refractivity contribution in [2.24, 2.45) is 0 Å². The van der Waals surface area contributed by atoms with Crippen LogP contribution in [0.2, 0.25) is 0 Å². The van der Waals surface area contributed by atoms with Crippen molar-refractivity contribution in [2.45, 2.75) is 13.3 Å². The minimum absolute atomic E-state index is 1.09. The molecule has 1 heteroatoms. The molecule has 0 radical (unpaired) electrons. The number of hydrogen-bond acceptors (Lipinski definition) is 1. The smallest absolute Gasteiger partial charge is 0.0361 e. The molecule has 0 atom stereocenters. The Labute approximate surface area is 80.7 Å². The van der Waals surface area contributed by atoms with Crippen LogP contribution in [0.5, 0.6) is 0 Å². The molecule has 70 valence electrons. The molecular weight excluding hydrogens is 158 g/mol. The first kappa shape index (κ1) is 9.85. The average molecular weight is 175 g/mol. The van der Waals surface area contributed by atoms with Crippen LogP contribution in [0, 0.1) is 0 Å². The molecule has 0 fully saturated rings. The summed E-state index contributed by atoms with van der Waals surface area (Å²) in [6.45, 7) is 2.14. The fraction of sp³-hybridized carbons (Fsp3) is 0.333. The quantitative estimate of drug-likeness (QED) is 0.682. The van der Waals surface area contributed by atoms with Crippen LogP contribution < -0.4 is 4.90 Å².